The minimum absolute atomic E-state index is 0.0266. The molecular weight excluding hydrogens is 426 g/mol. The molecule has 1 saturated heterocycles. The second-order valence-corrected chi connectivity index (χ2v) is 14.3. The van der Waals surface area contributed by atoms with Crippen LogP contribution in [-0.4, -0.2) is 47.5 Å². The van der Waals surface area contributed by atoms with E-state index in [-0.39, 0.29) is 17.7 Å². The monoisotopic (exact) mass is 457 g/mol. The molecule has 32 heavy (non-hydrogen) atoms. The standard InChI is InChI=1S/C24H31NO6Si/c1-28-19-9-8-15(12-18(19)26)22-17(10-11-32(5,6)7)24(27)25(22)16-13-20(29-2)23(31-4)21(14-16)30-3/h8-10,12-14,22,26H,11H2,1-7H3. The van der Waals surface area contributed by atoms with Crippen molar-refractivity contribution in [2.75, 3.05) is 33.3 Å². The van der Waals surface area contributed by atoms with Crippen molar-refractivity contribution in [3.05, 3.63) is 47.5 Å². The van der Waals surface area contributed by atoms with Gasteiger partial charge in [0, 0.05) is 25.8 Å². The summed E-state index contributed by atoms with van der Waals surface area (Å²) in [7, 11) is 4.71. The molecule has 0 saturated carbocycles. The average Bonchev–Trinajstić information content (AvgIpc) is 2.75. The van der Waals surface area contributed by atoms with Crippen LogP contribution in [0, 0.1) is 0 Å². The van der Waals surface area contributed by atoms with Gasteiger partial charge in [-0.15, -0.1) is 0 Å². The number of amides is 1. The highest BCUT2D eigenvalue weighted by atomic mass is 28.3. The zero-order valence-corrected chi connectivity index (χ0v) is 20.7. The fourth-order valence-electron chi connectivity index (χ4n) is 3.74. The number of methoxy groups -OCH3 is 4. The Labute approximate surface area is 190 Å². The van der Waals surface area contributed by atoms with E-state index in [0.717, 1.165) is 11.6 Å². The van der Waals surface area contributed by atoms with Gasteiger partial charge in [-0.25, -0.2) is 0 Å². The molecule has 1 atom stereocenters. The Hall–Kier alpha value is -3.13. The predicted molar refractivity (Wildman–Crippen MR) is 127 cm³/mol. The summed E-state index contributed by atoms with van der Waals surface area (Å²) < 4.78 is 21.5. The Bertz CT molecular complexity index is 1020. The van der Waals surface area contributed by atoms with Gasteiger partial charge in [0.15, 0.2) is 23.0 Å². The second-order valence-electron chi connectivity index (χ2n) is 8.82. The van der Waals surface area contributed by atoms with E-state index in [1.54, 1.807) is 29.2 Å². The number of carbonyl (C=O) groups is 1. The Balaban J connectivity index is 2.12. The third kappa shape index (κ3) is 4.41. The summed E-state index contributed by atoms with van der Waals surface area (Å²) in [6.07, 6.45) is 2.05. The van der Waals surface area contributed by atoms with Crippen molar-refractivity contribution >= 4 is 19.7 Å². The van der Waals surface area contributed by atoms with Gasteiger partial charge in [0.05, 0.1) is 40.2 Å². The first-order valence-corrected chi connectivity index (χ1v) is 14.1. The summed E-state index contributed by atoms with van der Waals surface area (Å²) in [6.45, 7) is 6.79. The lowest BCUT2D eigenvalue weighted by Gasteiger charge is -2.43. The first kappa shape index (κ1) is 23.5. The summed E-state index contributed by atoms with van der Waals surface area (Å²) in [6, 6.07) is 9.26. The topological polar surface area (TPSA) is 77.5 Å². The first-order chi connectivity index (χ1) is 15.1. The zero-order chi connectivity index (χ0) is 23.6. The molecule has 3 rings (SSSR count). The van der Waals surface area contributed by atoms with Gasteiger partial charge >= 0.3 is 0 Å². The van der Waals surface area contributed by atoms with Crippen LogP contribution in [0.2, 0.25) is 25.7 Å². The fraction of sp³-hybridized carbons (Fsp3) is 0.375. The summed E-state index contributed by atoms with van der Waals surface area (Å²) >= 11 is 0. The third-order valence-electron chi connectivity index (χ3n) is 5.40. The minimum atomic E-state index is -1.40. The molecule has 1 aliphatic heterocycles. The fourth-order valence-corrected chi connectivity index (χ4v) is 4.57. The molecule has 7 nitrogen and oxygen atoms in total. The van der Waals surface area contributed by atoms with E-state index in [4.69, 9.17) is 18.9 Å². The molecule has 0 aromatic heterocycles. The molecule has 2 aromatic rings. The average molecular weight is 458 g/mol. The lowest BCUT2D eigenvalue weighted by molar-refractivity contribution is -0.119. The molecule has 0 bridgehead atoms. The van der Waals surface area contributed by atoms with Gasteiger partial charge < -0.3 is 24.1 Å². The molecule has 1 N–H and O–H groups in total. The molecule has 2 aromatic carbocycles. The van der Waals surface area contributed by atoms with E-state index < -0.39 is 8.07 Å². The summed E-state index contributed by atoms with van der Waals surface area (Å²) in [5, 5.41) is 10.4. The largest absolute Gasteiger partial charge is 0.504 e. The molecule has 0 spiro atoms. The first-order valence-electron chi connectivity index (χ1n) is 10.4. The van der Waals surface area contributed by atoms with Crippen LogP contribution in [0.25, 0.3) is 0 Å². The van der Waals surface area contributed by atoms with Crippen molar-refractivity contribution in [2.45, 2.75) is 31.7 Å². The van der Waals surface area contributed by atoms with E-state index in [2.05, 4.69) is 25.7 Å². The molecule has 8 heteroatoms. The Morgan fingerprint density at radius 1 is 0.938 bits per heavy atom. The molecular formula is C24H31NO6Si. The predicted octanol–water partition coefficient (Wildman–Crippen LogP) is 4.78. The highest BCUT2D eigenvalue weighted by Crippen LogP contribution is 2.49. The van der Waals surface area contributed by atoms with Crippen molar-refractivity contribution in [2.24, 2.45) is 0 Å². The Morgan fingerprint density at radius 3 is 2.00 bits per heavy atom. The minimum Gasteiger partial charge on any atom is -0.504 e. The highest BCUT2D eigenvalue weighted by Gasteiger charge is 2.44. The number of allylic oxidation sites excluding steroid dienone is 1. The summed E-state index contributed by atoms with van der Waals surface area (Å²) in [5.41, 5.74) is 2.12. The van der Waals surface area contributed by atoms with Crippen molar-refractivity contribution in [3.8, 4) is 28.7 Å². The number of phenolic OH excluding ortho intramolecular Hbond substituents is 1. The van der Waals surface area contributed by atoms with Crippen molar-refractivity contribution in [1.82, 2.24) is 0 Å². The van der Waals surface area contributed by atoms with Crippen LogP contribution in [0.1, 0.15) is 11.6 Å². The van der Waals surface area contributed by atoms with Gasteiger partial charge in [-0.2, -0.15) is 0 Å². The second kappa shape index (κ2) is 9.16. The number of β-lactam (4-membered cyclic amide) rings is 1. The number of ether oxygens (including phenoxy) is 4. The van der Waals surface area contributed by atoms with Crippen molar-refractivity contribution < 1.29 is 28.8 Å². The molecule has 1 aliphatic rings. The van der Waals surface area contributed by atoms with E-state index >= 15 is 0 Å². The lowest BCUT2D eigenvalue weighted by atomic mass is 9.87. The van der Waals surface area contributed by atoms with E-state index in [1.807, 2.05) is 6.07 Å². The van der Waals surface area contributed by atoms with Crippen LogP contribution in [0.3, 0.4) is 0 Å². The molecule has 0 radical (unpaired) electrons. The van der Waals surface area contributed by atoms with Gasteiger partial charge in [0.2, 0.25) is 5.75 Å². The maximum Gasteiger partial charge on any atom is 0.257 e. The van der Waals surface area contributed by atoms with Crippen molar-refractivity contribution in [1.29, 1.82) is 0 Å². The van der Waals surface area contributed by atoms with Gasteiger partial charge in [-0.3, -0.25) is 9.69 Å². The smallest absolute Gasteiger partial charge is 0.257 e. The Kier molecular flexibility index (Phi) is 6.73. The van der Waals surface area contributed by atoms with Crippen LogP contribution in [0.4, 0.5) is 5.69 Å². The number of hydrogen-bond acceptors (Lipinski definition) is 6. The quantitative estimate of drug-likeness (QED) is 0.349. The number of aromatic hydroxyl groups is 1. The number of anilines is 1. The van der Waals surface area contributed by atoms with E-state index in [9.17, 15) is 9.90 Å². The highest BCUT2D eigenvalue weighted by molar-refractivity contribution is 6.76. The molecule has 1 amide bonds. The number of benzene rings is 2. The van der Waals surface area contributed by atoms with Crippen LogP contribution < -0.4 is 23.8 Å². The molecule has 1 fully saturated rings. The number of phenols is 1. The Morgan fingerprint density at radius 2 is 1.53 bits per heavy atom. The van der Waals surface area contributed by atoms with Crippen LogP contribution >= 0.6 is 0 Å². The molecule has 172 valence electrons. The molecule has 0 aliphatic carbocycles. The number of hydrogen-bond donors (Lipinski definition) is 1. The van der Waals surface area contributed by atoms with Crippen LogP contribution in [0.5, 0.6) is 28.7 Å². The van der Waals surface area contributed by atoms with Gasteiger partial charge in [-0.1, -0.05) is 31.8 Å². The maximum atomic E-state index is 13.3. The normalized spacial score (nSPS) is 17.2. The van der Waals surface area contributed by atoms with Gasteiger partial charge in [0.25, 0.3) is 5.91 Å². The third-order valence-corrected chi connectivity index (χ3v) is 6.83. The van der Waals surface area contributed by atoms with Gasteiger partial charge in [-0.05, 0) is 23.7 Å². The van der Waals surface area contributed by atoms with E-state index in [0.29, 0.717) is 34.3 Å². The zero-order valence-electron chi connectivity index (χ0n) is 19.7. The maximum absolute atomic E-state index is 13.3. The molecule has 1 unspecified atom stereocenters. The number of rotatable bonds is 8. The van der Waals surface area contributed by atoms with Crippen molar-refractivity contribution in [3.63, 3.8) is 0 Å². The van der Waals surface area contributed by atoms with Crippen LogP contribution in [-0.2, 0) is 4.79 Å². The number of carbonyl (C=O) groups excluding carboxylic acids is 1. The molecule has 1 heterocycles. The van der Waals surface area contributed by atoms with Gasteiger partial charge in [0.1, 0.15) is 0 Å². The SMILES string of the molecule is COc1ccc(C2C(=CC[Si](C)(C)C)C(=O)N2c2cc(OC)c(OC)c(OC)c2)cc1O. The lowest BCUT2D eigenvalue weighted by Crippen LogP contribution is -2.49. The van der Waals surface area contributed by atoms with E-state index in [1.165, 1.54) is 28.4 Å². The summed E-state index contributed by atoms with van der Waals surface area (Å²) in [4.78, 5) is 15.0. The summed E-state index contributed by atoms with van der Waals surface area (Å²) in [5.74, 6) is 1.71. The number of nitrogens with zero attached hydrogens (tertiary/aromatic N) is 1. The van der Waals surface area contributed by atoms with Crippen LogP contribution in [0.15, 0.2) is 42.0 Å².